The molecule has 2 saturated carbocycles. The molecule has 0 N–H and O–H groups in total. The number of carbonyl (C=O) groups excluding carboxylic acids is 1. The van der Waals surface area contributed by atoms with Gasteiger partial charge >= 0.3 is 0 Å². The highest BCUT2D eigenvalue weighted by molar-refractivity contribution is 7.98. The molecule has 3 rings (SSSR count). The molecule has 1 aromatic rings. The molecule has 2 aliphatic carbocycles. The van der Waals surface area contributed by atoms with E-state index in [1.165, 1.54) is 38.5 Å². The predicted octanol–water partition coefficient (Wildman–Crippen LogP) is 3.68. The molecule has 2 aliphatic rings. The summed E-state index contributed by atoms with van der Waals surface area (Å²) in [4.78, 5) is 24.1. The minimum Gasteiger partial charge on any atom is -0.337 e. The zero-order chi connectivity index (χ0) is 16.4. The number of nitrogens with zero attached hydrogens (tertiary/aromatic N) is 3. The maximum atomic E-state index is 12.8. The third-order valence-electron chi connectivity index (χ3n) is 5.12. The first-order valence-electron chi connectivity index (χ1n) is 8.79. The van der Waals surface area contributed by atoms with Crippen LogP contribution in [0.15, 0.2) is 5.16 Å². The number of hydrogen-bond acceptors (Lipinski definition) is 4. The van der Waals surface area contributed by atoms with E-state index < -0.39 is 0 Å². The Morgan fingerprint density at radius 2 is 1.65 bits per heavy atom. The molecule has 0 unspecified atom stereocenters. The second kappa shape index (κ2) is 7.20. The number of carbonyl (C=O) groups is 1. The van der Waals surface area contributed by atoms with Crippen LogP contribution in [-0.2, 0) is 11.2 Å². The lowest BCUT2D eigenvalue weighted by atomic mass is 10.1. The molecule has 23 heavy (non-hydrogen) atoms. The van der Waals surface area contributed by atoms with Crippen molar-refractivity contribution in [1.82, 2.24) is 14.9 Å². The van der Waals surface area contributed by atoms with Gasteiger partial charge in [0.05, 0.1) is 0 Å². The summed E-state index contributed by atoms with van der Waals surface area (Å²) in [6.07, 6.45) is 10.7. The SMILES string of the molecule is CSc1nc(C)c(CCC(=O)N(C2CCCC2)C2CC2)c(C)n1. The molecular weight excluding hydrogens is 306 g/mol. The van der Waals surface area contributed by atoms with E-state index in [4.69, 9.17) is 0 Å². The first-order chi connectivity index (χ1) is 11.1. The van der Waals surface area contributed by atoms with Crippen LogP contribution in [0.25, 0.3) is 0 Å². The van der Waals surface area contributed by atoms with Gasteiger partial charge in [0.1, 0.15) is 0 Å². The van der Waals surface area contributed by atoms with E-state index in [-0.39, 0.29) is 0 Å². The average molecular weight is 334 g/mol. The van der Waals surface area contributed by atoms with Crippen molar-refractivity contribution in [1.29, 1.82) is 0 Å². The molecule has 2 fully saturated rings. The van der Waals surface area contributed by atoms with E-state index in [2.05, 4.69) is 14.9 Å². The normalized spacial score (nSPS) is 18.4. The lowest BCUT2D eigenvalue weighted by Gasteiger charge is -2.29. The van der Waals surface area contributed by atoms with Crippen LogP contribution in [0.4, 0.5) is 0 Å². The maximum absolute atomic E-state index is 12.8. The number of thioether (sulfide) groups is 1. The number of hydrogen-bond donors (Lipinski definition) is 0. The summed E-state index contributed by atoms with van der Waals surface area (Å²) in [6, 6.07) is 1.04. The topological polar surface area (TPSA) is 46.1 Å². The third-order valence-corrected chi connectivity index (χ3v) is 5.67. The Morgan fingerprint density at radius 1 is 1.09 bits per heavy atom. The van der Waals surface area contributed by atoms with Crippen LogP contribution in [0.2, 0.25) is 0 Å². The van der Waals surface area contributed by atoms with Crippen molar-refractivity contribution in [3.8, 4) is 0 Å². The quantitative estimate of drug-likeness (QED) is 0.588. The molecule has 0 saturated heterocycles. The Balaban J connectivity index is 1.66. The lowest BCUT2D eigenvalue weighted by Crippen LogP contribution is -2.40. The van der Waals surface area contributed by atoms with E-state index >= 15 is 0 Å². The Morgan fingerprint density at radius 3 is 2.17 bits per heavy atom. The third kappa shape index (κ3) is 3.87. The van der Waals surface area contributed by atoms with E-state index in [1.807, 2.05) is 20.1 Å². The Kier molecular flexibility index (Phi) is 5.24. The number of aryl methyl sites for hydroxylation is 2. The van der Waals surface area contributed by atoms with Gasteiger partial charge in [0.2, 0.25) is 5.91 Å². The standard InChI is InChI=1S/C18H27N3OS/c1-12-16(13(2)20-18(19-12)23-3)10-11-17(22)21(15-8-9-15)14-6-4-5-7-14/h14-15H,4-11H2,1-3H3. The van der Waals surface area contributed by atoms with Gasteiger partial charge in [-0.1, -0.05) is 24.6 Å². The van der Waals surface area contributed by atoms with Gasteiger partial charge in [-0.15, -0.1) is 0 Å². The van der Waals surface area contributed by atoms with Gasteiger partial charge in [-0.05, 0) is 57.8 Å². The molecule has 1 amide bonds. The molecule has 5 heteroatoms. The predicted molar refractivity (Wildman–Crippen MR) is 93.7 cm³/mol. The van der Waals surface area contributed by atoms with E-state index in [9.17, 15) is 4.79 Å². The fourth-order valence-electron chi connectivity index (χ4n) is 3.76. The fourth-order valence-corrected chi connectivity index (χ4v) is 4.22. The monoisotopic (exact) mass is 333 g/mol. The smallest absolute Gasteiger partial charge is 0.223 e. The maximum Gasteiger partial charge on any atom is 0.223 e. The van der Waals surface area contributed by atoms with Crippen LogP contribution in [0.5, 0.6) is 0 Å². The van der Waals surface area contributed by atoms with Crippen molar-refractivity contribution < 1.29 is 4.79 Å². The molecule has 0 aromatic carbocycles. The number of amides is 1. The minimum absolute atomic E-state index is 0.340. The zero-order valence-electron chi connectivity index (χ0n) is 14.5. The van der Waals surface area contributed by atoms with Crippen LogP contribution < -0.4 is 0 Å². The minimum atomic E-state index is 0.340. The van der Waals surface area contributed by atoms with Gasteiger partial charge in [-0.2, -0.15) is 0 Å². The molecule has 0 radical (unpaired) electrons. The first-order valence-corrected chi connectivity index (χ1v) is 10.0. The van der Waals surface area contributed by atoms with E-state index in [1.54, 1.807) is 11.8 Å². The zero-order valence-corrected chi connectivity index (χ0v) is 15.3. The van der Waals surface area contributed by atoms with Crippen molar-refractivity contribution >= 4 is 17.7 Å². The van der Waals surface area contributed by atoms with Gasteiger partial charge < -0.3 is 4.90 Å². The van der Waals surface area contributed by atoms with Crippen molar-refractivity contribution in [2.75, 3.05) is 6.26 Å². The van der Waals surface area contributed by atoms with Crippen molar-refractivity contribution in [3.63, 3.8) is 0 Å². The first kappa shape index (κ1) is 16.7. The Labute approximate surface area is 143 Å². The molecule has 0 bridgehead atoms. The second-order valence-corrected chi connectivity index (χ2v) is 7.60. The summed E-state index contributed by atoms with van der Waals surface area (Å²) in [5.41, 5.74) is 3.19. The van der Waals surface area contributed by atoms with Crippen LogP contribution in [0.1, 0.15) is 61.9 Å². The second-order valence-electron chi connectivity index (χ2n) is 6.83. The lowest BCUT2D eigenvalue weighted by molar-refractivity contribution is -0.134. The molecule has 1 aromatic heterocycles. The highest BCUT2D eigenvalue weighted by Gasteiger charge is 2.37. The van der Waals surface area contributed by atoms with Crippen molar-refractivity contribution in [2.24, 2.45) is 0 Å². The van der Waals surface area contributed by atoms with Gasteiger partial charge in [-0.25, -0.2) is 9.97 Å². The van der Waals surface area contributed by atoms with Crippen LogP contribution in [0.3, 0.4) is 0 Å². The summed E-state index contributed by atoms with van der Waals surface area (Å²) in [5, 5.41) is 0.820. The van der Waals surface area contributed by atoms with Crippen molar-refractivity contribution in [3.05, 3.63) is 17.0 Å². The summed E-state index contributed by atoms with van der Waals surface area (Å²) >= 11 is 1.57. The summed E-state index contributed by atoms with van der Waals surface area (Å²) in [6.45, 7) is 4.06. The number of rotatable bonds is 6. The highest BCUT2D eigenvalue weighted by Crippen LogP contribution is 2.35. The van der Waals surface area contributed by atoms with E-state index in [0.717, 1.165) is 28.5 Å². The van der Waals surface area contributed by atoms with Gasteiger partial charge in [-0.3, -0.25) is 4.79 Å². The van der Waals surface area contributed by atoms with Gasteiger partial charge in [0, 0.05) is 29.9 Å². The number of aromatic nitrogens is 2. The molecule has 0 aliphatic heterocycles. The van der Waals surface area contributed by atoms with Crippen LogP contribution >= 0.6 is 11.8 Å². The molecular formula is C18H27N3OS. The fraction of sp³-hybridized carbons (Fsp3) is 0.722. The molecule has 0 spiro atoms. The van der Waals surface area contributed by atoms with E-state index in [0.29, 0.717) is 24.4 Å². The van der Waals surface area contributed by atoms with Crippen molar-refractivity contribution in [2.45, 2.75) is 82.5 Å². The van der Waals surface area contributed by atoms with Gasteiger partial charge in [0.15, 0.2) is 5.16 Å². The highest BCUT2D eigenvalue weighted by atomic mass is 32.2. The average Bonchev–Trinajstić information content (AvgIpc) is 3.20. The summed E-state index contributed by atoms with van der Waals surface area (Å²) < 4.78 is 0. The molecule has 126 valence electrons. The van der Waals surface area contributed by atoms with Gasteiger partial charge in [0.25, 0.3) is 0 Å². The molecule has 4 nitrogen and oxygen atoms in total. The summed E-state index contributed by atoms with van der Waals surface area (Å²) in [5.74, 6) is 0.340. The van der Waals surface area contributed by atoms with Crippen LogP contribution in [-0.4, -0.2) is 39.1 Å². The molecule has 0 atom stereocenters. The molecule has 1 heterocycles. The van der Waals surface area contributed by atoms with Crippen LogP contribution in [0, 0.1) is 13.8 Å². The largest absolute Gasteiger partial charge is 0.337 e. The Bertz CT molecular complexity index is 557. The summed E-state index contributed by atoms with van der Waals surface area (Å²) in [7, 11) is 0. The Hall–Kier alpha value is -1.10.